The lowest BCUT2D eigenvalue weighted by molar-refractivity contribution is 0.400. The van der Waals surface area contributed by atoms with Crippen molar-refractivity contribution in [1.29, 1.82) is 0 Å². The van der Waals surface area contributed by atoms with Crippen LogP contribution >= 0.6 is 0 Å². The van der Waals surface area contributed by atoms with Crippen molar-refractivity contribution < 1.29 is 0 Å². The summed E-state index contributed by atoms with van der Waals surface area (Å²) in [6.07, 6.45) is 14.6. The molecule has 1 nitrogen and oxygen atoms in total. The van der Waals surface area contributed by atoms with Gasteiger partial charge < -0.3 is 5.32 Å². The minimum Gasteiger partial charge on any atom is -0.316 e. The molecule has 0 bridgehead atoms. The van der Waals surface area contributed by atoms with E-state index in [0.717, 1.165) is 11.3 Å². The molecule has 16 heavy (non-hydrogen) atoms. The predicted octanol–water partition coefficient (Wildman–Crippen LogP) is 4.13. The van der Waals surface area contributed by atoms with Gasteiger partial charge in [-0.05, 0) is 50.0 Å². The maximum atomic E-state index is 3.70. The Morgan fingerprint density at radius 3 is 2.31 bits per heavy atom. The van der Waals surface area contributed by atoms with E-state index < -0.39 is 0 Å². The number of nitrogens with one attached hydrogen (secondary N) is 1. The Balaban J connectivity index is 1.38. The normalized spacial score (nSPS) is 22.3. The first-order chi connectivity index (χ1) is 7.87. The molecule has 1 N–H and O–H groups in total. The third-order valence-corrected chi connectivity index (χ3v) is 4.52. The van der Waals surface area contributed by atoms with Crippen LogP contribution in [-0.2, 0) is 0 Å². The Morgan fingerprint density at radius 1 is 1.00 bits per heavy atom. The van der Waals surface area contributed by atoms with E-state index in [1.807, 2.05) is 0 Å². The quantitative estimate of drug-likeness (QED) is 0.549. The van der Waals surface area contributed by atoms with Gasteiger partial charge in [-0.25, -0.2) is 0 Å². The van der Waals surface area contributed by atoms with Gasteiger partial charge in [0, 0.05) is 6.54 Å². The van der Waals surface area contributed by atoms with E-state index in [2.05, 4.69) is 12.2 Å². The molecule has 2 rings (SSSR count). The molecule has 2 saturated carbocycles. The molecule has 0 saturated heterocycles. The standard InChI is InChI=1S/C15H29N/c1-2-3-4-5-6-7-12-16-13-15(10-11-15)14-8-9-14/h14,16H,2-13H2,1H3. The van der Waals surface area contributed by atoms with Gasteiger partial charge in [0.15, 0.2) is 0 Å². The van der Waals surface area contributed by atoms with Crippen molar-refractivity contribution in [3.8, 4) is 0 Å². The van der Waals surface area contributed by atoms with Crippen LogP contribution in [0.2, 0.25) is 0 Å². The number of hydrogen-bond acceptors (Lipinski definition) is 1. The van der Waals surface area contributed by atoms with Crippen molar-refractivity contribution in [2.24, 2.45) is 11.3 Å². The SMILES string of the molecule is CCCCCCCCNCC1(C2CC2)CC1. The Kier molecular flexibility index (Phi) is 4.69. The molecule has 0 spiro atoms. The number of hydrogen-bond donors (Lipinski definition) is 1. The summed E-state index contributed by atoms with van der Waals surface area (Å²) in [6.45, 7) is 4.88. The van der Waals surface area contributed by atoms with Gasteiger partial charge >= 0.3 is 0 Å². The maximum Gasteiger partial charge on any atom is 0.00105 e. The summed E-state index contributed by atoms with van der Waals surface area (Å²) >= 11 is 0. The maximum absolute atomic E-state index is 3.70. The van der Waals surface area contributed by atoms with Crippen molar-refractivity contribution in [3.05, 3.63) is 0 Å². The summed E-state index contributed by atoms with van der Waals surface area (Å²) in [6, 6.07) is 0. The van der Waals surface area contributed by atoms with Gasteiger partial charge in [0.1, 0.15) is 0 Å². The lowest BCUT2D eigenvalue weighted by Crippen LogP contribution is -2.26. The smallest absolute Gasteiger partial charge is 0.00105 e. The van der Waals surface area contributed by atoms with Gasteiger partial charge in [-0.15, -0.1) is 0 Å². The minimum atomic E-state index is 0.794. The molecular formula is C15H29N. The lowest BCUT2D eigenvalue weighted by Gasteiger charge is -2.14. The summed E-state index contributed by atoms with van der Waals surface area (Å²) in [7, 11) is 0. The molecule has 2 fully saturated rings. The zero-order valence-corrected chi connectivity index (χ0v) is 11.1. The third kappa shape index (κ3) is 3.76. The second-order valence-electron chi connectivity index (χ2n) is 6.08. The van der Waals surface area contributed by atoms with Gasteiger partial charge in [0.2, 0.25) is 0 Å². The zero-order chi connectivity index (χ0) is 11.3. The van der Waals surface area contributed by atoms with Crippen molar-refractivity contribution in [1.82, 2.24) is 5.32 Å². The highest BCUT2D eigenvalue weighted by Gasteiger charge is 2.52. The minimum absolute atomic E-state index is 0.794. The highest BCUT2D eigenvalue weighted by molar-refractivity contribution is 5.04. The first-order valence-electron chi connectivity index (χ1n) is 7.58. The van der Waals surface area contributed by atoms with E-state index in [1.54, 1.807) is 0 Å². The summed E-state index contributed by atoms with van der Waals surface area (Å²) < 4.78 is 0. The van der Waals surface area contributed by atoms with Crippen LogP contribution in [0.4, 0.5) is 0 Å². The first-order valence-corrected chi connectivity index (χ1v) is 7.58. The molecule has 0 aromatic carbocycles. The molecule has 2 aliphatic rings. The second kappa shape index (κ2) is 6.05. The molecule has 0 aromatic rings. The average Bonchev–Trinajstić information content (AvgIpc) is 3.15. The molecule has 0 amide bonds. The van der Waals surface area contributed by atoms with Gasteiger partial charge in [0.25, 0.3) is 0 Å². The van der Waals surface area contributed by atoms with Gasteiger partial charge in [-0.2, -0.15) is 0 Å². The molecule has 0 atom stereocenters. The fourth-order valence-electron chi connectivity index (χ4n) is 2.95. The van der Waals surface area contributed by atoms with E-state index in [1.165, 1.54) is 77.3 Å². The van der Waals surface area contributed by atoms with Crippen molar-refractivity contribution in [2.75, 3.05) is 13.1 Å². The Morgan fingerprint density at radius 2 is 1.69 bits per heavy atom. The lowest BCUT2D eigenvalue weighted by atomic mass is 10.0. The Labute approximate surface area is 101 Å². The summed E-state index contributed by atoms with van der Waals surface area (Å²) in [5, 5.41) is 3.70. The van der Waals surface area contributed by atoms with Crippen LogP contribution in [0, 0.1) is 11.3 Å². The fraction of sp³-hybridized carbons (Fsp3) is 1.00. The van der Waals surface area contributed by atoms with Gasteiger partial charge in [-0.3, -0.25) is 0 Å². The molecule has 0 heterocycles. The molecule has 1 heteroatoms. The van der Waals surface area contributed by atoms with Crippen LogP contribution in [0.15, 0.2) is 0 Å². The van der Waals surface area contributed by atoms with Crippen LogP contribution in [-0.4, -0.2) is 13.1 Å². The largest absolute Gasteiger partial charge is 0.316 e. The van der Waals surface area contributed by atoms with Crippen LogP contribution in [0.5, 0.6) is 0 Å². The van der Waals surface area contributed by atoms with Gasteiger partial charge in [0.05, 0.1) is 0 Å². The Hall–Kier alpha value is -0.0400. The summed E-state index contributed by atoms with van der Waals surface area (Å²) in [4.78, 5) is 0. The highest BCUT2D eigenvalue weighted by Crippen LogP contribution is 2.60. The highest BCUT2D eigenvalue weighted by atomic mass is 14.9. The average molecular weight is 223 g/mol. The van der Waals surface area contributed by atoms with Crippen molar-refractivity contribution in [2.45, 2.75) is 71.1 Å². The van der Waals surface area contributed by atoms with Crippen molar-refractivity contribution >= 4 is 0 Å². The number of unbranched alkanes of at least 4 members (excludes halogenated alkanes) is 5. The second-order valence-corrected chi connectivity index (χ2v) is 6.08. The van der Waals surface area contributed by atoms with E-state index in [9.17, 15) is 0 Å². The van der Waals surface area contributed by atoms with Crippen LogP contribution < -0.4 is 5.32 Å². The molecule has 2 aliphatic carbocycles. The third-order valence-electron chi connectivity index (χ3n) is 4.52. The summed E-state index contributed by atoms with van der Waals surface area (Å²) in [5.74, 6) is 1.12. The molecule has 0 aliphatic heterocycles. The first kappa shape index (κ1) is 12.4. The van der Waals surface area contributed by atoms with Crippen LogP contribution in [0.1, 0.15) is 71.1 Å². The Bertz CT molecular complexity index is 192. The van der Waals surface area contributed by atoms with E-state index in [-0.39, 0.29) is 0 Å². The van der Waals surface area contributed by atoms with E-state index >= 15 is 0 Å². The molecule has 0 unspecified atom stereocenters. The number of rotatable bonds is 10. The molecular weight excluding hydrogens is 194 g/mol. The monoisotopic (exact) mass is 223 g/mol. The summed E-state index contributed by atoms with van der Waals surface area (Å²) in [5.41, 5.74) is 0.794. The molecule has 0 aromatic heterocycles. The van der Waals surface area contributed by atoms with Crippen LogP contribution in [0.3, 0.4) is 0 Å². The topological polar surface area (TPSA) is 12.0 Å². The predicted molar refractivity (Wildman–Crippen MR) is 70.6 cm³/mol. The van der Waals surface area contributed by atoms with E-state index in [0.29, 0.717) is 0 Å². The zero-order valence-electron chi connectivity index (χ0n) is 11.1. The van der Waals surface area contributed by atoms with Crippen molar-refractivity contribution in [3.63, 3.8) is 0 Å². The van der Waals surface area contributed by atoms with Gasteiger partial charge in [-0.1, -0.05) is 39.0 Å². The molecule has 94 valence electrons. The molecule has 0 radical (unpaired) electrons. The fourth-order valence-corrected chi connectivity index (χ4v) is 2.95. The van der Waals surface area contributed by atoms with Crippen LogP contribution in [0.25, 0.3) is 0 Å². The van der Waals surface area contributed by atoms with E-state index in [4.69, 9.17) is 0 Å².